The number of carbonyl (C=O) groups is 2. The minimum atomic E-state index is -0.403. The maximum absolute atomic E-state index is 12.4. The highest BCUT2D eigenvalue weighted by Crippen LogP contribution is 2.19. The summed E-state index contributed by atoms with van der Waals surface area (Å²) in [5.41, 5.74) is 0.971. The van der Waals surface area contributed by atoms with E-state index in [2.05, 4.69) is 5.32 Å². The number of amides is 2. The molecule has 1 aromatic heterocycles. The monoisotopic (exact) mass is 346 g/mol. The number of halogens is 1. The maximum atomic E-state index is 12.4. The van der Waals surface area contributed by atoms with Crippen molar-refractivity contribution in [1.82, 2.24) is 10.2 Å². The Morgan fingerprint density at radius 3 is 2.75 bits per heavy atom. The van der Waals surface area contributed by atoms with Crippen LogP contribution in [0.2, 0.25) is 5.02 Å². The van der Waals surface area contributed by atoms with Crippen molar-refractivity contribution in [3.05, 3.63) is 59.0 Å². The molecule has 5 nitrogen and oxygen atoms in total. The Bertz CT molecular complexity index is 698. The van der Waals surface area contributed by atoms with Crippen molar-refractivity contribution in [2.75, 3.05) is 6.54 Å². The molecule has 1 aliphatic rings. The zero-order chi connectivity index (χ0) is 16.9. The molecule has 0 aliphatic carbocycles. The van der Waals surface area contributed by atoms with Crippen LogP contribution in [0.4, 0.5) is 0 Å². The van der Waals surface area contributed by atoms with E-state index in [4.69, 9.17) is 16.0 Å². The van der Waals surface area contributed by atoms with Gasteiger partial charge in [0.25, 0.3) is 0 Å². The summed E-state index contributed by atoms with van der Waals surface area (Å²) in [6.45, 7) is 1.03. The smallest absolute Gasteiger partial charge is 0.243 e. The largest absolute Gasteiger partial charge is 0.469 e. The molecule has 6 heteroatoms. The lowest BCUT2D eigenvalue weighted by Crippen LogP contribution is -2.46. The Morgan fingerprint density at radius 1 is 1.25 bits per heavy atom. The van der Waals surface area contributed by atoms with Crippen LogP contribution in [0.15, 0.2) is 47.1 Å². The van der Waals surface area contributed by atoms with E-state index in [1.54, 1.807) is 35.4 Å². The van der Waals surface area contributed by atoms with Crippen LogP contribution in [0.3, 0.4) is 0 Å². The summed E-state index contributed by atoms with van der Waals surface area (Å²) in [6.07, 6.45) is 3.26. The van der Waals surface area contributed by atoms with Gasteiger partial charge in [0.1, 0.15) is 11.8 Å². The minimum Gasteiger partial charge on any atom is -0.469 e. The van der Waals surface area contributed by atoms with E-state index in [1.165, 1.54) is 0 Å². The van der Waals surface area contributed by atoms with Crippen LogP contribution in [-0.2, 0) is 22.6 Å². The van der Waals surface area contributed by atoms with Gasteiger partial charge >= 0.3 is 0 Å². The van der Waals surface area contributed by atoms with Crippen molar-refractivity contribution in [2.24, 2.45) is 0 Å². The van der Waals surface area contributed by atoms with E-state index in [1.807, 2.05) is 12.1 Å². The quantitative estimate of drug-likeness (QED) is 0.905. The van der Waals surface area contributed by atoms with E-state index in [-0.39, 0.29) is 18.2 Å². The molecular formula is C18H19ClN2O3. The highest BCUT2D eigenvalue weighted by Gasteiger charge is 2.33. The number of carbonyl (C=O) groups excluding carboxylic acids is 2. The Morgan fingerprint density at radius 2 is 2.04 bits per heavy atom. The van der Waals surface area contributed by atoms with Crippen molar-refractivity contribution in [3.8, 4) is 0 Å². The first-order chi connectivity index (χ1) is 11.6. The Hall–Kier alpha value is -2.27. The number of benzene rings is 1. The van der Waals surface area contributed by atoms with E-state index >= 15 is 0 Å². The van der Waals surface area contributed by atoms with Crippen LogP contribution in [0.25, 0.3) is 0 Å². The molecule has 24 heavy (non-hydrogen) atoms. The van der Waals surface area contributed by atoms with Crippen LogP contribution in [0, 0.1) is 0 Å². The molecule has 126 valence electrons. The van der Waals surface area contributed by atoms with Crippen molar-refractivity contribution < 1.29 is 14.0 Å². The zero-order valence-corrected chi connectivity index (χ0v) is 14.0. The number of likely N-dealkylation sites (tertiary alicyclic amines) is 1. The van der Waals surface area contributed by atoms with E-state index in [9.17, 15) is 9.59 Å². The molecule has 1 atom stereocenters. The number of furan rings is 1. The summed E-state index contributed by atoms with van der Waals surface area (Å²) < 4.78 is 5.22. The number of hydrogen-bond acceptors (Lipinski definition) is 3. The zero-order valence-electron chi connectivity index (χ0n) is 13.2. The minimum absolute atomic E-state index is 0.0749. The summed E-state index contributed by atoms with van der Waals surface area (Å²) in [5, 5.41) is 3.57. The fraction of sp³-hybridized carbons (Fsp3) is 0.333. The average molecular weight is 347 g/mol. The van der Waals surface area contributed by atoms with Crippen LogP contribution in [0.5, 0.6) is 0 Å². The van der Waals surface area contributed by atoms with E-state index < -0.39 is 6.04 Å². The first kappa shape index (κ1) is 16.6. The number of rotatable bonds is 5. The highest BCUT2D eigenvalue weighted by atomic mass is 35.5. The molecule has 2 heterocycles. The SMILES string of the molecule is O=C(NCc1ccc(Cl)cc1)[C@@H]1CCCN1C(=O)Cc1ccco1. The normalized spacial score (nSPS) is 17.0. The Labute approximate surface area is 145 Å². The molecule has 1 fully saturated rings. The number of hydrogen-bond donors (Lipinski definition) is 1. The third kappa shape index (κ3) is 3.97. The van der Waals surface area contributed by atoms with Gasteiger partial charge in [0, 0.05) is 18.1 Å². The molecular weight excluding hydrogens is 328 g/mol. The number of nitrogens with zero attached hydrogens (tertiary/aromatic N) is 1. The second kappa shape index (κ2) is 7.53. The Kier molecular flexibility index (Phi) is 5.20. The molecule has 3 rings (SSSR count). The standard InChI is InChI=1S/C18H19ClN2O3/c19-14-7-5-13(6-8-14)12-20-18(23)16-4-1-9-21(16)17(22)11-15-3-2-10-24-15/h2-3,5-8,10,16H,1,4,9,11-12H2,(H,20,23)/t16-/m0/s1. The third-order valence-electron chi connectivity index (χ3n) is 4.16. The second-order valence-electron chi connectivity index (χ2n) is 5.85. The van der Waals surface area contributed by atoms with Gasteiger partial charge in [0.15, 0.2) is 0 Å². The molecule has 1 aromatic carbocycles. The van der Waals surface area contributed by atoms with Crippen LogP contribution >= 0.6 is 11.6 Å². The molecule has 0 radical (unpaired) electrons. The summed E-state index contributed by atoms with van der Waals surface area (Å²) in [4.78, 5) is 26.5. The third-order valence-corrected chi connectivity index (χ3v) is 4.41. The van der Waals surface area contributed by atoms with Gasteiger partial charge in [-0.2, -0.15) is 0 Å². The fourth-order valence-electron chi connectivity index (χ4n) is 2.91. The lowest BCUT2D eigenvalue weighted by Gasteiger charge is -2.23. The first-order valence-corrected chi connectivity index (χ1v) is 8.35. The summed E-state index contributed by atoms with van der Waals surface area (Å²) >= 11 is 5.85. The molecule has 0 saturated carbocycles. The van der Waals surface area contributed by atoms with Crippen molar-refractivity contribution in [3.63, 3.8) is 0 Å². The van der Waals surface area contributed by atoms with Gasteiger partial charge in [-0.15, -0.1) is 0 Å². The lowest BCUT2D eigenvalue weighted by molar-refractivity contribution is -0.138. The highest BCUT2D eigenvalue weighted by molar-refractivity contribution is 6.30. The topological polar surface area (TPSA) is 62.6 Å². The molecule has 1 saturated heterocycles. The van der Waals surface area contributed by atoms with Crippen molar-refractivity contribution in [2.45, 2.75) is 31.8 Å². The van der Waals surface area contributed by atoms with Gasteiger partial charge in [-0.1, -0.05) is 23.7 Å². The van der Waals surface area contributed by atoms with Gasteiger partial charge in [-0.25, -0.2) is 0 Å². The molecule has 0 bridgehead atoms. The molecule has 2 amide bonds. The maximum Gasteiger partial charge on any atom is 0.243 e. The molecule has 0 spiro atoms. The van der Waals surface area contributed by atoms with Crippen LogP contribution in [-0.4, -0.2) is 29.3 Å². The van der Waals surface area contributed by atoms with Gasteiger partial charge in [0.2, 0.25) is 11.8 Å². The predicted molar refractivity (Wildman–Crippen MR) is 90.4 cm³/mol. The molecule has 1 aliphatic heterocycles. The van der Waals surface area contributed by atoms with E-state index in [0.29, 0.717) is 30.3 Å². The Balaban J connectivity index is 1.56. The molecule has 0 unspecified atom stereocenters. The van der Waals surface area contributed by atoms with Gasteiger partial charge in [-0.05, 0) is 42.7 Å². The number of nitrogens with one attached hydrogen (secondary N) is 1. The lowest BCUT2D eigenvalue weighted by atomic mass is 10.1. The molecule has 2 aromatic rings. The predicted octanol–water partition coefficient (Wildman–Crippen LogP) is 2.78. The van der Waals surface area contributed by atoms with Gasteiger partial charge < -0.3 is 14.6 Å². The van der Waals surface area contributed by atoms with E-state index in [0.717, 1.165) is 12.0 Å². The average Bonchev–Trinajstić information content (AvgIpc) is 3.25. The van der Waals surface area contributed by atoms with Crippen LogP contribution < -0.4 is 5.32 Å². The van der Waals surface area contributed by atoms with Crippen LogP contribution in [0.1, 0.15) is 24.2 Å². The first-order valence-electron chi connectivity index (χ1n) is 7.97. The van der Waals surface area contributed by atoms with Gasteiger partial charge in [-0.3, -0.25) is 9.59 Å². The second-order valence-corrected chi connectivity index (χ2v) is 6.28. The van der Waals surface area contributed by atoms with Crippen molar-refractivity contribution in [1.29, 1.82) is 0 Å². The van der Waals surface area contributed by atoms with Gasteiger partial charge in [0.05, 0.1) is 12.7 Å². The summed E-state index contributed by atoms with van der Waals surface area (Å²) in [7, 11) is 0. The summed E-state index contributed by atoms with van der Waals surface area (Å²) in [6, 6.07) is 10.4. The fourth-order valence-corrected chi connectivity index (χ4v) is 3.04. The molecule has 1 N–H and O–H groups in total. The van der Waals surface area contributed by atoms with Crippen molar-refractivity contribution >= 4 is 23.4 Å². The summed E-state index contributed by atoms with van der Waals surface area (Å²) in [5.74, 6) is 0.427.